The van der Waals surface area contributed by atoms with Crippen LogP contribution in [-0.4, -0.2) is 38.4 Å². The SMILES string of the molecule is Cc1cccc(S(=O)(=O)NN2CCC[C@@H]2CCCOc2ccc(C(=O)C3CC3)cc2)c1. The summed E-state index contributed by atoms with van der Waals surface area (Å²) in [7, 11) is -3.57. The molecule has 0 spiro atoms. The van der Waals surface area contributed by atoms with Crippen LogP contribution in [0.5, 0.6) is 5.75 Å². The molecule has 31 heavy (non-hydrogen) atoms. The summed E-state index contributed by atoms with van der Waals surface area (Å²) < 4.78 is 31.3. The predicted octanol–water partition coefficient (Wildman–Crippen LogP) is 4.10. The number of nitrogens with one attached hydrogen (secondary N) is 1. The van der Waals surface area contributed by atoms with E-state index in [-0.39, 0.29) is 17.7 Å². The Balaban J connectivity index is 1.24. The molecule has 166 valence electrons. The number of Topliss-reactive ketones (excluding diaryl/α,β-unsaturated/α-hetero) is 1. The Morgan fingerprint density at radius 2 is 1.90 bits per heavy atom. The van der Waals surface area contributed by atoms with Crippen LogP contribution < -0.4 is 9.57 Å². The summed E-state index contributed by atoms with van der Waals surface area (Å²) in [6.45, 7) is 3.16. The van der Waals surface area contributed by atoms with Crippen LogP contribution in [0.3, 0.4) is 0 Å². The van der Waals surface area contributed by atoms with Crippen molar-refractivity contribution in [2.75, 3.05) is 13.2 Å². The van der Waals surface area contributed by atoms with Gasteiger partial charge in [0.15, 0.2) is 5.78 Å². The average Bonchev–Trinajstić information content (AvgIpc) is 3.52. The number of sulfonamides is 1. The largest absolute Gasteiger partial charge is 0.494 e. The summed E-state index contributed by atoms with van der Waals surface area (Å²) in [4.78, 5) is 15.1. The summed E-state index contributed by atoms with van der Waals surface area (Å²) in [5.74, 6) is 1.22. The van der Waals surface area contributed by atoms with E-state index < -0.39 is 10.0 Å². The highest BCUT2D eigenvalue weighted by molar-refractivity contribution is 7.89. The van der Waals surface area contributed by atoms with E-state index in [4.69, 9.17) is 4.74 Å². The zero-order valence-electron chi connectivity index (χ0n) is 17.9. The lowest BCUT2D eigenvalue weighted by Crippen LogP contribution is -2.45. The van der Waals surface area contributed by atoms with Crippen LogP contribution in [-0.2, 0) is 10.0 Å². The zero-order chi connectivity index (χ0) is 21.8. The van der Waals surface area contributed by atoms with Crippen molar-refractivity contribution in [3.05, 3.63) is 59.7 Å². The Morgan fingerprint density at radius 1 is 1.13 bits per heavy atom. The number of ketones is 1. The fourth-order valence-corrected chi connectivity index (χ4v) is 5.30. The van der Waals surface area contributed by atoms with Crippen molar-refractivity contribution in [1.29, 1.82) is 0 Å². The molecule has 4 rings (SSSR count). The third kappa shape index (κ3) is 5.73. The minimum absolute atomic E-state index is 0.168. The fourth-order valence-electron chi connectivity index (χ4n) is 4.05. The molecule has 2 aliphatic rings. The minimum atomic E-state index is -3.57. The smallest absolute Gasteiger partial charge is 0.253 e. The first kappa shape index (κ1) is 22.0. The van der Waals surface area contributed by atoms with Crippen LogP contribution in [0.15, 0.2) is 53.4 Å². The van der Waals surface area contributed by atoms with E-state index in [1.165, 1.54) is 0 Å². The second-order valence-corrected chi connectivity index (χ2v) is 10.2. The van der Waals surface area contributed by atoms with Gasteiger partial charge in [0.05, 0.1) is 11.5 Å². The second-order valence-electron chi connectivity index (χ2n) is 8.55. The van der Waals surface area contributed by atoms with Crippen LogP contribution in [0.25, 0.3) is 0 Å². The molecular weight excluding hydrogens is 412 g/mol. The molecule has 1 aliphatic heterocycles. The minimum Gasteiger partial charge on any atom is -0.494 e. The summed E-state index contributed by atoms with van der Waals surface area (Å²) in [5.41, 5.74) is 1.68. The number of hydrogen-bond acceptors (Lipinski definition) is 5. The molecule has 2 aromatic carbocycles. The summed E-state index contributed by atoms with van der Waals surface area (Å²) in [6, 6.07) is 14.5. The van der Waals surface area contributed by atoms with Crippen molar-refractivity contribution in [3.8, 4) is 5.75 Å². The van der Waals surface area contributed by atoms with Gasteiger partial charge in [-0.1, -0.05) is 12.1 Å². The van der Waals surface area contributed by atoms with Crippen LogP contribution in [0.4, 0.5) is 0 Å². The molecule has 6 nitrogen and oxygen atoms in total. The number of carbonyl (C=O) groups is 1. The highest BCUT2D eigenvalue weighted by Crippen LogP contribution is 2.33. The molecule has 1 heterocycles. The van der Waals surface area contributed by atoms with Gasteiger partial charge in [-0.25, -0.2) is 13.4 Å². The van der Waals surface area contributed by atoms with Crippen molar-refractivity contribution in [1.82, 2.24) is 9.84 Å². The molecule has 1 aliphatic carbocycles. The number of hydrogen-bond donors (Lipinski definition) is 1. The molecule has 1 saturated heterocycles. The maximum atomic E-state index is 12.7. The Kier molecular flexibility index (Phi) is 6.74. The first-order valence-corrected chi connectivity index (χ1v) is 12.5. The molecule has 0 bridgehead atoms. The number of rotatable bonds is 10. The van der Waals surface area contributed by atoms with Crippen LogP contribution in [0.1, 0.15) is 54.4 Å². The number of benzene rings is 2. The first-order chi connectivity index (χ1) is 14.9. The lowest BCUT2D eigenvalue weighted by atomic mass is 10.1. The maximum Gasteiger partial charge on any atom is 0.253 e. The average molecular weight is 443 g/mol. The lowest BCUT2D eigenvalue weighted by molar-refractivity contribution is 0.0967. The number of ether oxygens (including phenoxy) is 1. The summed E-state index contributed by atoms with van der Waals surface area (Å²) >= 11 is 0. The van der Waals surface area contributed by atoms with Gasteiger partial charge in [-0.2, -0.15) is 0 Å². The molecular formula is C24H30N2O4S. The van der Waals surface area contributed by atoms with Crippen LogP contribution >= 0.6 is 0 Å². The molecule has 0 radical (unpaired) electrons. The molecule has 0 unspecified atom stereocenters. The third-order valence-corrected chi connectivity index (χ3v) is 7.30. The summed E-state index contributed by atoms with van der Waals surface area (Å²) in [5, 5.41) is 1.86. The third-order valence-electron chi connectivity index (χ3n) is 5.95. The maximum absolute atomic E-state index is 12.7. The van der Waals surface area contributed by atoms with Gasteiger partial charge in [0.25, 0.3) is 10.0 Å². The molecule has 0 aromatic heterocycles. The highest BCUT2D eigenvalue weighted by Gasteiger charge is 2.30. The van der Waals surface area contributed by atoms with Gasteiger partial charge in [-0.3, -0.25) is 4.79 Å². The van der Waals surface area contributed by atoms with Gasteiger partial charge < -0.3 is 4.74 Å². The molecule has 1 atom stereocenters. The Bertz CT molecular complexity index is 1020. The van der Waals surface area contributed by atoms with Gasteiger partial charge in [-0.15, -0.1) is 4.83 Å². The van der Waals surface area contributed by atoms with Gasteiger partial charge in [0, 0.05) is 24.1 Å². The number of aryl methyl sites for hydroxylation is 1. The number of hydrazine groups is 1. The molecule has 1 saturated carbocycles. The highest BCUT2D eigenvalue weighted by atomic mass is 32.2. The Hall–Kier alpha value is -2.22. The fraction of sp³-hybridized carbons (Fsp3) is 0.458. The predicted molar refractivity (Wildman–Crippen MR) is 119 cm³/mol. The van der Waals surface area contributed by atoms with E-state index in [1.54, 1.807) is 18.2 Å². The van der Waals surface area contributed by atoms with E-state index in [2.05, 4.69) is 4.83 Å². The van der Waals surface area contributed by atoms with E-state index in [0.29, 0.717) is 18.0 Å². The summed E-state index contributed by atoms with van der Waals surface area (Å²) in [6.07, 6.45) is 5.64. The Morgan fingerprint density at radius 3 is 2.61 bits per heavy atom. The number of carbonyl (C=O) groups excluding carboxylic acids is 1. The van der Waals surface area contributed by atoms with Crippen molar-refractivity contribution >= 4 is 15.8 Å². The Labute approximate surface area is 184 Å². The van der Waals surface area contributed by atoms with Crippen LogP contribution in [0.2, 0.25) is 0 Å². The van der Waals surface area contributed by atoms with Gasteiger partial charge in [-0.05, 0) is 87.4 Å². The molecule has 2 fully saturated rings. The number of nitrogens with zero attached hydrogens (tertiary/aromatic N) is 1. The standard InChI is InChI=1S/C24H30N2O4S/c1-18-5-2-8-23(17-18)31(28,29)25-26-15-3-6-21(26)7-4-16-30-22-13-11-20(12-14-22)24(27)19-9-10-19/h2,5,8,11-14,17,19,21,25H,3-4,6-7,9-10,15-16H2,1H3/t21-/m1/s1. The van der Waals surface area contributed by atoms with E-state index in [0.717, 1.165) is 55.4 Å². The topological polar surface area (TPSA) is 75.7 Å². The van der Waals surface area contributed by atoms with Crippen LogP contribution in [0, 0.1) is 12.8 Å². The second kappa shape index (κ2) is 9.51. The molecule has 7 heteroatoms. The van der Waals surface area contributed by atoms with E-state index in [1.807, 2.05) is 42.3 Å². The van der Waals surface area contributed by atoms with Crippen molar-refractivity contribution < 1.29 is 17.9 Å². The normalized spacial score (nSPS) is 19.5. The van der Waals surface area contributed by atoms with Crippen molar-refractivity contribution in [2.45, 2.75) is 56.4 Å². The first-order valence-electron chi connectivity index (χ1n) is 11.1. The molecule has 0 amide bonds. The zero-order valence-corrected chi connectivity index (χ0v) is 18.7. The molecule has 2 aromatic rings. The van der Waals surface area contributed by atoms with Gasteiger partial charge in [0.1, 0.15) is 5.75 Å². The lowest BCUT2D eigenvalue weighted by Gasteiger charge is -2.25. The monoisotopic (exact) mass is 442 g/mol. The van der Waals surface area contributed by atoms with Crippen molar-refractivity contribution in [2.24, 2.45) is 5.92 Å². The van der Waals surface area contributed by atoms with Crippen molar-refractivity contribution in [3.63, 3.8) is 0 Å². The van der Waals surface area contributed by atoms with E-state index in [9.17, 15) is 13.2 Å². The van der Waals surface area contributed by atoms with E-state index >= 15 is 0 Å². The van der Waals surface area contributed by atoms with Gasteiger partial charge in [0.2, 0.25) is 0 Å². The quantitative estimate of drug-likeness (QED) is 0.443. The van der Waals surface area contributed by atoms with Gasteiger partial charge >= 0.3 is 0 Å². The molecule has 1 N–H and O–H groups in total.